The van der Waals surface area contributed by atoms with Crippen LogP contribution in [0.3, 0.4) is 0 Å². The van der Waals surface area contributed by atoms with E-state index in [4.69, 9.17) is 5.11 Å². The zero-order valence-electron chi connectivity index (χ0n) is 12.1. The summed E-state index contributed by atoms with van der Waals surface area (Å²) in [5.74, 6) is -4.17. The first-order chi connectivity index (χ1) is 10.3. The summed E-state index contributed by atoms with van der Waals surface area (Å²) in [6.07, 6.45) is 1.64. The third-order valence-corrected chi connectivity index (χ3v) is 3.90. The Kier molecular flexibility index (Phi) is 4.72. The minimum Gasteiger partial charge on any atom is -0.480 e. The van der Waals surface area contributed by atoms with Gasteiger partial charge in [0.25, 0.3) is 5.91 Å². The van der Waals surface area contributed by atoms with E-state index in [0.717, 1.165) is 4.68 Å². The van der Waals surface area contributed by atoms with Crippen LogP contribution in [-0.2, 0) is 11.3 Å². The van der Waals surface area contributed by atoms with E-state index in [1.54, 1.807) is 6.92 Å². The Bertz CT molecular complexity index is 551. The molecule has 1 aliphatic carbocycles. The van der Waals surface area contributed by atoms with E-state index >= 15 is 0 Å². The van der Waals surface area contributed by atoms with Gasteiger partial charge >= 0.3 is 5.97 Å². The van der Waals surface area contributed by atoms with Gasteiger partial charge in [-0.1, -0.05) is 5.21 Å². The highest BCUT2D eigenvalue weighted by molar-refractivity contribution is 5.92. The average Bonchev–Trinajstić information content (AvgIpc) is 2.86. The first-order valence-electron chi connectivity index (χ1n) is 7.07. The lowest BCUT2D eigenvalue weighted by Gasteiger charge is -2.32. The molecule has 1 saturated carbocycles. The molecule has 1 atom stereocenters. The number of rotatable bonds is 5. The minimum atomic E-state index is -2.60. The number of nitrogens with zero attached hydrogens (tertiary/aromatic N) is 3. The second kappa shape index (κ2) is 6.37. The number of aliphatic carboxylic acids is 1. The van der Waals surface area contributed by atoms with Crippen molar-refractivity contribution in [2.75, 3.05) is 0 Å². The molecule has 9 heteroatoms. The van der Waals surface area contributed by atoms with Gasteiger partial charge in [-0.15, -0.1) is 5.10 Å². The number of halogens is 2. The largest absolute Gasteiger partial charge is 0.480 e. The van der Waals surface area contributed by atoms with Gasteiger partial charge in [-0.05, 0) is 25.7 Å². The predicted octanol–water partition coefficient (Wildman–Crippen LogP) is 1.31. The number of aromatic nitrogens is 3. The third-order valence-electron chi connectivity index (χ3n) is 3.90. The average molecular weight is 316 g/mol. The zero-order valence-corrected chi connectivity index (χ0v) is 12.1. The third kappa shape index (κ3) is 4.22. The molecular formula is C13H18F2N4O3. The maximum Gasteiger partial charge on any atom is 0.325 e. The molecule has 2 rings (SSSR count). The molecule has 0 aliphatic heterocycles. The number of carbonyl (C=O) groups excluding carboxylic acids is 1. The number of nitrogens with one attached hydrogen (secondary N) is 1. The summed E-state index contributed by atoms with van der Waals surface area (Å²) in [4.78, 5) is 22.5. The molecule has 1 aromatic heterocycles. The van der Waals surface area contributed by atoms with Crippen LogP contribution in [0, 0.1) is 5.92 Å². The molecule has 0 bridgehead atoms. The molecule has 0 aromatic carbocycles. The predicted molar refractivity (Wildman–Crippen MR) is 71.5 cm³/mol. The van der Waals surface area contributed by atoms with Gasteiger partial charge in [0, 0.05) is 18.9 Å². The molecule has 2 N–H and O–H groups in total. The Morgan fingerprint density at radius 1 is 1.50 bits per heavy atom. The molecule has 1 aliphatic rings. The molecule has 22 heavy (non-hydrogen) atoms. The van der Waals surface area contributed by atoms with Crippen molar-refractivity contribution >= 4 is 11.9 Å². The van der Waals surface area contributed by atoms with Gasteiger partial charge in [0.05, 0.1) is 6.20 Å². The van der Waals surface area contributed by atoms with Crippen molar-refractivity contribution in [2.45, 2.75) is 51.1 Å². The normalized spacial score (nSPS) is 19.6. The lowest BCUT2D eigenvalue weighted by atomic mass is 9.82. The fourth-order valence-corrected chi connectivity index (χ4v) is 2.58. The molecule has 1 fully saturated rings. The smallest absolute Gasteiger partial charge is 0.325 e. The second-order valence-electron chi connectivity index (χ2n) is 5.65. The van der Waals surface area contributed by atoms with E-state index in [-0.39, 0.29) is 37.0 Å². The zero-order chi connectivity index (χ0) is 16.3. The highest BCUT2D eigenvalue weighted by Crippen LogP contribution is 2.37. The Labute approximate surface area is 125 Å². The molecule has 7 nitrogen and oxygen atoms in total. The molecule has 0 radical (unpaired) electrons. The summed E-state index contributed by atoms with van der Waals surface area (Å²) in [7, 11) is 0. The number of hydrogen-bond donors (Lipinski definition) is 2. The molecule has 1 aromatic rings. The lowest BCUT2D eigenvalue weighted by Crippen LogP contribution is -2.41. The van der Waals surface area contributed by atoms with E-state index in [2.05, 4.69) is 15.6 Å². The first-order valence-corrected chi connectivity index (χ1v) is 7.07. The molecule has 1 heterocycles. The van der Waals surface area contributed by atoms with Gasteiger partial charge in [0.15, 0.2) is 5.69 Å². The summed E-state index contributed by atoms with van der Waals surface area (Å²) in [6, 6.07) is -0.256. The summed E-state index contributed by atoms with van der Waals surface area (Å²) >= 11 is 0. The molecule has 1 amide bonds. The van der Waals surface area contributed by atoms with Crippen molar-refractivity contribution < 1.29 is 23.5 Å². The maximum atomic E-state index is 13.1. The second-order valence-corrected chi connectivity index (χ2v) is 5.65. The molecule has 122 valence electrons. The summed E-state index contributed by atoms with van der Waals surface area (Å²) in [5, 5.41) is 18.5. The lowest BCUT2D eigenvalue weighted by molar-refractivity contribution is -0.137. The van der Waals surface area contributed by atoms with Crippen molar-refractivity contribution in [3.05, 3.63) is 11.9 Å². The van der Waals surface area contributed by atoms with Gasteiger partial charge in [0.2, 0.25) is 5.92 Å². The fraction of sp³-hybridized carbons (Fsp3) is 0.692. The highest BCUT2D eigenvalue weighted by atomic mass is 19.3. The summed E-state index contributed by atoms with van der Waals surface area (Å²) < 4.78 is 27.3. The van der Waals surface area contributed by atoms with Crippen LogP contribution < -0.4 is 5.32 Å². The SMILES string of the molecule is CC(NC(=O)c1cn(CC(=O)O)nn1)C1CCC(F)(F)CC1. The van der Waals surface area contributed by atoms with Crippen LogP contribution in [0.2, 0.25) is 0 Å². The van der Waals surface area contributed by atoms with Gasteiger partial charge in [-0.3, -0.25) is 9.59 Å². The quantitative estimate of drug-likeness (QED) is 0.853. The van der Waals surface area contributed by atoms with E-state index in [9.17, 15) is 18.4 Å². The Balaban J connectivity index is 1.88. The fourth-order valence-electron chi connectivity index (χ4n) is 2.58. The van der Waals surface area contributed by atoms with Gasteiger partial charge in [-0.2, -0.15) is 0 Å². The van der Waals surface area contributed by atoms with Gasteiger partial charge in [-0.25, -0.2) is 13.5 Å². The van der Waals surface area contributed by atoms with Crippen LogP contribution in [-0.4, -0.2) is 43.9 Å². The van der Waals surface area contributed by atoms with Crippen molar-refractivity contribution in [3.63, 3.8) is 0 Å². The molecule has 0 spiro atoms. The monoisotopic (exact) mass is 316 g/mol. The number of carbonyl (C=O) groups is 2. The van der Waals surface area contributed by atoms with E-state index < -0.39 is 17.8 Å². The van der Waals surface area contributed by atoms with Crippen LogP contribution in [0.4, 0.5) is 8.78 Å². The van der Waals surface area contributed by atoms with Crippen molar-refractivity contribution in [2.24, 2.45) is 5.92 Å². The van der Waals surface area contributed by atoms with Crippen molar-refractivity contribution in [1.82, 2.24) is 20.3 Å². The Hall–Kier alpha value is -2.06. The van der Waals surface area contributed by atoms with Crippen LogP contribution in [0.25, 0.3) is 0 Å². The van der Waals surface area contributed by atoms with Crippen LogP contribution in [0.5, 0.6) is 0 Å². The van der Waals surface area contributed by atoms with Crippen molar-refractivity contribution in [1.29, 1.82) is 0 Å². The Morgan fingerprint density at radius 2 is 2.14 bits per heavy atom. The molecular weight excluding hydrogens is 298 g/mol. The minimum absolute atomic E-state index is 0.00219. The van der Waals surface area contributed by atoms with Crippen LogP contribution in [0.15, 0.2) is 6.20 Å². The first kappa shape index (κ1) is 16.3. The number of carboxylic acid groups (broad SMARTS) is 1. The van der Waals surface area contributed by atoms with Gasteiger partial charge in [0.1, 0.15) is 6.54 Å². The molecule has 0 saturated heterocycles. The number of carboxylic acids is 1. The van der Waals surface area contributed by atoms with Crippen LogP contribution in [0.1, 0.15) is 43.1 Å². The van der Waals surface area contributed by atoms with Gasteiger partial charge < -0.3 is 10.4 Å². The van der Waals surface area contributed by atoms with E-state index in [1.807, 2.05) is 0 Å². The van der Waals surface area contributed by atoms with E-state index in [0.29, 0.717) is 12.8 Å². The molecule has 1 unspecified atom stereocenters. The topological polar surface area (TPSA) is 97.1 Å². The number of amides is 1. The van der Waals surface area contributed by atoms with Crippen molar-refractivity contribution in [3.8, 4) is 0 Å². The summed E-state index contributed by atoms with van der Waals surface area (Å²) in [5.41, 5.74) is 0.00855. The van der Waals surface area contributed by atoms with Crippen LogP contribution >= 0.6 is 0 Å². The number of hydrogen-bond acceptors (Lipinski definition) is 4. The highest BCUT2D eigenvalue weighted by Gasteiger charge is 2.37. The van der Waals surface area contributed by atoms with E-state index in [1.165, 1.54) is 6.20 Å². The standard InChI is InChI=1S/C13H18F2N4O3/c1-8(9-2-4-13(14,15)5-3-9)16-12(22)10-6-19(18-17-10)7-11(20)21/h6,8-9H,2-5,7H2,1H3,(H,16,22)(H,20,21). The number of alkyl halides is 2. The maximum absolute atomic E-state index is 13.1. The summed E-state index contributed by atoms with van der Waals surface area (Å²) in [6.45, 7) is 1.39. The Morgan fingerprint density at radius 3 is 2.73 bits per heavy atom.